The van der Waals surface area contributed by atoms with Crippen LogP contribution >= 0.6 is 35.6 Å². The summed E-state index contributed by atoms with van der Waals surface area (Å²) in [4.78, 5) is 3.40. The van der Waals surface area contributed by atoms with Gasteiger partial charge in [0.25, 0.3) is 0 Å². The number of fused-ring (bicyclic) bond motifs is 4. The summed E-state index contributed by atoms with van der Waals surface area (Å²) < 4.78 is 2.14. The summed E-state index contributed by atoms with van der Waals surface area (Å²) >= 11 is 12.9. The van der Waals surface area contributed by atoms with E-state index in [0.29, 0.717) is 10.0 Å². The van der Waals surface area contributed by atoms with Crippen LogP contribution in [0.15, 0.2) is 42.5 Å². The molecule has 0 saturated carbocycles. The highest BCUT2D eigenvalue weighted by atomic mass is 35.5. The van der Waals surface area contributed by atoms with Gasteiger partial charge in [-0.05, 0) is 18.2 Å². The van der Waals surface area contributed by atoms with E-state index in [2.05, 4.69) is 21.7 Å². The topological polar surface area (TPSA) is 19.7 Å². The van der Waals surface area contributed by atoms with Crippen LogP contribution in [0.3, 0.4) is 0 Å². The number of H-pyrrole nitrogens is 1. The molecule has 2 nitrogen and oxygen atoms in total. The minimum atomic E-state index is 0. The third kappa shape index (κ3) is 1.90. The van der Waals surface area contributed by atoms with Gasteiger partial charge in [-0.3, -0.25) is 0 Å². The summed E-state index contributed by atoms with van der Waals surface area (Å²) in [6.45, 7) is 0. The Labute approximate surface area is 137 Å². The monoisotopic (exact) mass is 337 g/mol. The van der Waals surface area contributed by atoms with Crippen LogP contribution in [0, 0.1) is 0 Å². The van der Waals surface area contributed by atoms with Crippen LogP contribution in [0.1, 0.15) is 0 Å². The molecule has 21 heavy (non-hydrogen) atoms. The third-order valence-electron chi connectivity index (χ3n) is 3.81. The lowest BCUT2D eigenvalue weighted by Gasteiger charge is -2.03. The zero-order chi connectivity index (χ0) is 13.9. The summed E-state index contributed by atoms with van der Waals surface area (Å²) in [6.07, 6.45) is 0. The van der Waals surface area contributed by atoms with Crippen molar-refractivity contribution in [2.24, 2.45) is 7.05 Å². The molecule has 0 saturated heterocycles. The summed E-state index contributed by atoms with van der Waals surface area (Å²) in [6, 6.07) is 14.0. The molecule has 5 heteroatoms. The molecule has 4 rings (SSSR count). The largest absolute Gasteiger partial charge is 0.348 e. The molecule has 2 heterocycles. The maximum Gasteiger partial charge on any atom is 0.240 e. The molecule has 0 radical (unpaired) electrons. The van der Waals surface area contributed by atoms with Gasteiger partial charge >= 0.3 is 0 Å². The van der Waals surface area contributed by atoms with E-state index in [1.165, 1.54) is 0 Å². The van der Waals surface area contributed by atoms with Gasteiger partial charge in [0.2, 0.25) is 11.0 Å². The Morgan fingerprint density at radius 3 is 2.57 bits per heavy atom. The fourth-order valence-corrected chi connectivity index (χ4v) is 3.54. The second-order valence-corrected chi connectivity index (χ2v) is 5.69. The first-order chi connectivity index (χ1) is 9.68. The Balaban J connectivity index is 0.00000132. The van der Waals surface area contributed by atoms with E-state index in [0.717, 1.165) is 32.8 Å². The molecule has 0 bridgehead atoms. The van der Waals surface area contributed by atoms with Gasteiger partial charge < -0.3 is 4.98 Å². The van der Waals surface area contributed by atoms with Gasteiger partial charge in [-0.2, -0.15) is 4.57 Å². The first-order valence-corrected chi connectivity index (χ1v) is 7.10. The highest BCUT2D eigenvalue weighted by molar-refractivity contribution is 6.45. The quantitative estimate of drug-likeness (QED) is 0.434. The van der Waals surface area contributed by atoms with Crippen molar-refractivity contribution < 1.29 is 4.57 Å². The molecule has 4 aromatic rings. The maximum atomic E-state index is 6.59. The number of nitrogens with one attached hydrogen (secondary N) is 1. The lowest BCUT2D eigenvalue weighted by atomic mass is 10.1. The van der Waals surface area contributed by atoms with Gasteiger partial charge in [0.1, 0.15) is 12.6 Å². The van der Waals surface area contributed by atoms with Gasteiger partial charge in [0, 0.05) is 6.07 Å². The van der Waals surface area contributed by atoms with Gasteiger partial charge in [0.15, 0.2) is 0 Å². The standard InChI is InChI=1S/C16H10Cl2N2.ClH/c1-20-12-8-4-6-10(17)13(12)14(18)15-16(20)9-5-2-3-7-11(9)19-15;/h2-8H,1H3;1H/p+1. The molecule has 106 valence electrons. The van der Waals surface area contributed by atoms with Crippen molar-refractivity contribution in [3.8, 4) is 0 Å². The van der Waals surface area contributed by atoms with Gasteiger partial charge in [-0.1, -0.05) is 41.4 Å². The molecule has 0 aliphatic carbocycles. The van der Waals surface area contributed by atoms with Crippen molar-refractivity contribution in [2.75, 3.05) is 0 Å². The van der Waals surface area contributed by atoms with E-state index < -0.39 is 0 Å². The Hall–Kier alpha value is -1.48. The summed E-state index contributed by atoms with van der Waals surface area (Å²) in [5.74, 6) is 0. The van der Waals surface area contributed by atoms with Gasteiger partial charge in [-0.15, -0.1) is 12.4 Å². The van der Waals surface area contributed by atoms with E-state index in [-0.39, 0.29) is 12.4 Å². The fraction of sp³-hybridized carbons (Fsp3) is 0.0625. The highest BCUT2D eigenvalue weighted by Gasteiger charge is 2.22. The SMILES string of the molecule is C[n+]1c2cccc(Cl)c2c(Cl)c2[nH]c3ccccc3c21.Cl. The van der Waals surface area contributed by atoms with E-state index >= 15 is 0 Å². The highest BCUT2D eigenvalue weighted by Crippen LogP contribution is 2.35. The van der Waals surface area contributed by atoms with Crippen LogP contribution in [0.2, 0.25) is 10.0 Å². The smallest absolute Gasteiger partial charge is 0.240 e. The number of aryl methyl sites for hydroxylation is 1. The predicted molar refractivity (Wildman–Crippen MR) is 91.8 cm³/mol. The molecule has 2 aromatic carbocycles. The maximum absolute atomic E-state index is 6.59. The number of pyridine rings is 1. The van der Waals surface area contributed by atoms with Crippen LogP contribution in [0.4, 0.5) is 0 Å². The normalized spacial score (nSPS) is 11.2. The van der Waals surface area contributed by atoms with E-state index in [4.69, 9.17) is 23.2 Å². The summed E-state index contributed by atoms with van der Waals surface area (Å²) in [5, 5.41) is 3.39. The number of para-hydroxylation sites is 1. The summed E-state index contributed by atoms with van der Waals surface area (Å²) in [7, 11) is 2.04. The van der Waals surface area contributed by atoms with Crippen LogP contribution in [0.5, 0.6) is 0 Å². The van der Waals surface area contributed by atoms with Crippen molar-refractivity contribution in [3.05, 3.63) is 52.5 Å². The summed E-state index contributed by atoms with van der Waals surface area (Å²) in [5.41, 5.74) is 4.13. The minimum Gasteiger partial charge on any atom is -0.348 e. The first kappa shape index (κ1) is 14.5. The molecular formula is C16H12Cl3N2+. The Kier molecular flexibility index (Phi) is 3.48. The number of benzene rings is 2. The zero-order valence-corrected chi connectivity index (χ0v) is 13.5. The van der Waals surface area contributed by atoms with Crippen molar-refractivity contribution in [3.63, 3.8) is 0 Å². The molecular weight excluding hydrogens is 327 g/mol. The van der Waals surface area contributed by atoms with Crippen LogP contribution in [0.25, 0.3) is 32.8 Å². The number of rotatable bonds is 0. The number of nitrogens with zero attached hydrogens (tertiary/aromatic N) is 1. The lowest BCUT2D eigenvalue weighted by molar-refractivity contribution is -0.616. The third-order valence-corrected chi connectivity index (χ3v) is 4.50. The second-order valence-electron chi connectivity index (χ2n) is 4.90. The molecule has 1 N–H and O–H groups in total. The average Bonchev–Trinajstić information content (AvgIpc) is 2.84. The van der Waals surface area contributed by atoms with Crippen molar-refractivity contribution in [2.45, 2.75) is 0 Å². The molecule has 2 aromatic heterocycles. The zero-order valence-electron chi connectivity index (χ0n) is 11.2. The molecule has 0 unspecified atom stereocenters. The molecule has 0 aliphatic rings. The molecule has 0 aliphatic heterocycles. The van der Waals surface area contributed by atoms with Crippen molar-refractivity contribution in [1.82, 2.24) is 4.98 Å². The average molecular weight is 339 g/mol. The Morgan fingerprint density at radius 2 is 1.76 bits per heavy atom. The van der Waals surface area contributed by atoms with E-state index in [9.17, 15) is 0 Å². The number of hydrogen-bond acceptors (Lipinski definition) is 0. The number of halogens is 3. The second kappa shape index (κ2) is 5.06. The first-order valence-electron chi connectivity index (χ1n) is 6.34. The van der Waals surface area contributed by atoms with Crippen LogP contribution < -0.4 is 4.57 Å². The molecule has 0 fully saturated rings. The molecule has 0 atom stereocenters. The van der Waals surface area contributed by atoms with E-state index in [1.54, 1.807) is 0 Å². The fourth-order valence-electron chi connectivity index (χ4n) is 2.89. The molecule has 0 spiro atoms. The van der Waals surface area contributed by atoms with Crippen LogP contribution in [-0.2, 0) is 7.05 Å². The molecule has 0 amide bonds. The predicted octanol–water partition coefficient (Wildman–Crippen LogP) is 5.03. The Bertz CT molecular complexity index is 989. The van der Waals surface area contributed by atoms with Gasteiger partial charge in [-0.25, -0.2) is 0 Å². The van der Waals surface area contributed by atoms with Crippen LogP contribution in [-0.4, -0.2) is 4.98 Å². The van der Waals surface area contributed by atoms with E-state index in [1.807, 2.05) is 37.4 Å². The minimum absolute atomic E-state index is 0. The lowest BCUT2D eigenvalue weighted by Crippen LogP contribution is -2.30. The van der Waals surface area contributed by atoms with Crippen molar-refractivity contribution in [1.29, 1.82) is 0 Å². The van der Waals surface area contributed by atoms with Gasteiger partial charge in [0.05, 0.1) is 26.3 Å². The van der Waals surface area contributed by atoms with Crippen molar-refractivity contribution >= 4 is 68.4 Å². The number of hydrogen-bond donors (Lipinski definition) is 1. The number of aromatic amines is 1. The Morgan fingerprint density at radius 1 is 1.00 bits per heavy atom. The number of aromatic nitrogens is 2.